The van der Waals surface area contributed by atoms with E-state index in [1.807, 2.05) is 13.8 Å². The van der Waals surface area contributed by atoms with Crippen LogP contribution in [-0.2, 0) is 4.74 Å². The van der Waals surface area contributed by atoms with E-state index in [9.17, 15) is 0 Å². The number of nitrogens with one attached hydrogen (secondary N) is 1. The third-order valence-electron chi connectivity index (χ3n) is 2.27. The summed E-state index contributed by atoms with van der Waals surface area (Å²) in [5.41, 5.74) is 5.30. The molecule has 0 saturated heterocycles. The Hall–Kier alpha value is -0.570. The van der Waals surface area contributed by atoms with Crippen LogP contribution in [-0.4, -0.2) is 19.0 Å². The molecule has 0 atom stereocenters. The molecule has 0 radical (unpaired) electrons. The first kappa shape index (κ1) is 13.4. The van der Waals surface area contributed by atoms with Gasteiger partial charge in [-0.05, 0) is 18.8 Å². The summed E-state index contributed by atoms with van der Waals surface area (Å²) in [6, 6.07) is 0. The number of rotatable bonds is 7. The molecule has 0 amide bonds. The van der Waals surface area contributed by atoms with Crippen molar-refractivity contribution in [3.8, 4) is 0 Å². The minimum atomic E-state index is -0.179. The molecular weight excluding hydrogens is 176 g/mol. The molecule has 14 heavy (non-hydrogen) atoms. The van der Waals surface area contributed by atoms with Crippen LogP contribution in [0.5, 0.6) is 0 Å². The molecule has 0 aliphatic carbocycles. The van der Waals surface area contributed by atoms with Gasteiger partial charge in [0.15, 0.2) is 0 Å². The predicted octanol–water partition coefficient (Wildman–Crippen LogP) is 2.40. The first-order valence-corrected chi connectivity index (χ1v) is 5.28. The largest absolute Gasteiger partial charge is 0.387 e. The molecule has 0 heterocycles. The van der Waals surface area contributed by atoms with Gasteiger partial charge in [-0.3, -0.25) is 5.41 Å². The summed E-state index contributed by atoms with van der Waals surface area (Å²) >= 11 is 0. The van der Waals surface area contributed by atoms with E-state index in [1.54, 1.807) is 0 Å². The van der Waals surface area contributed by atoms with Crippen molar-refractivity contribution in [2.24, 2.45) is 17.1 Å². The Labute approximate surface area is 87.5 Å². The maximum absolute atomic E-state index is 7.38. The van der Waals surface area contributed by atoms with Crippen LogP contribution < -0.4 is 5.73 Å². The molecule has 0 aliphatic heterocycles. The minimum Gasteiger partial charge on any atom is -0.387 e. The fraction of sp³-hybridized carbons (Fsp3) is 0.909. The quantitative estimate of drug-likeness (QED) is 0.376. The van der Waals surface area contributed by atoms with Gasteiger partial charge in [-0.25, -0.2) is 0 Å². The first-order chi connectivity index (χ1) is 6.36. The molecule has 3 nitrogen and oxygen atoms in total. The van der Waals surface area contributed by atoms with E-state index in [0.717, 1.165) is 26.1 Å². The van der Waals surface area contributed by atoms with E-state index < -0.39 is 0 Å². The Bertz CT molecular complexity index is 176. The highest BCUT2D eigenvalue weighted by atomic mass is 16.5. The molecule has 0 bridgehead atoms. The first-order valence-electron chi connectivity index (χ1n) is 5.28. The minimum absolute atomic E-state index is 0.179. The van der Waals surface area contributed by atoms with Gasteiger partial charge in [-0.15, -0.1) is 0 Å². The Morgan fingerprint density at radius 3 is 2.43 bits per heavy atom. The van der Waals surface area contributed by atoms with Gasteiger partial charge in [-0.2, -0.15) is 0 Å². The summed E-state index contributed by atoms with van der Waals surface area (Å²) in [5, 5.41) is 7.38. The third-order valence-corrected chi connectivity index (χ3v) is 2.27. The van der Waals surface area contributed by atoms with Crippen molar-refractivity contribution >= 4 is 5.84 Å². The van der Waals surface area contributed by atoms with Gasteiger partial charge in [0.25, 0.3) is 0 Å². The summed E-state index contributed by atoms with van der Waals surface area (Å²) in [6.07, 6.45) is 1.89. The second kappa shape index (κ2) is 6.02. The number of amidine groups is 1. The lowest BCUT2D eigenvalue weighted by atomic mass is 9.87. The normalized spacial score (nSPS) is 12.1. The van der Waals surface area contributed by atoms with Gasteiger partial charge in [0.1, 0.15) is 0 Å². The van der Waals surface area contributed by atoms with Gasteiger partial charge < -0.3 is 10.5 Å². The van der Waals surface area contributed by atoms with Crippen molar-refractivity contribution in [1.29, 1.82) is 5.41 Å². The average molecular weight is 200 g/mol. The van der Waals surface area contributed by atoms with Crippen molar-refractivity contribution in [3.05, 3.63) is 0 Å². The Kier molecular flexibility index (Phi) is 5.77. The zero-order valence-corrected chi connectivity index (χ0v) is 9.89. The molecule has 0 saturated carbocycles. The molecule has 0 aliphatic rings. The SMILES string of the molecule is CC(C)COCCCC(C)(C)C(=N)N. The fourth-order valence-corrected chi connectivity index (χ4v) is 1.07. The summed E-state index contributed by atoms with van der Waals surface area (Å²) in [6.45, 7) is 9.87. The molecule has 3 heteroatoms. The van der Waals surface area contributed by atoms with Crippen molar-refractivity contribution < 1.29 is 4.74 Å². The van der Waals surface area contributed by atoms with Gasteiger partial charge in [0, 0.05) is 18.6 Å². The molecule has 0 aromatic rings. The molecule has 0 aromatic carbocycles. The number of ether oxygens (including phenoxy) is 1. The zero-order chi connectivity index (χ0) is 11.2. The molecular formula is C11H24N2O. The summed E-state index contributed by atoms with van der Waals surface area (Å²) < 4.78 is 5.46. The van der Waals surface area contributed by atoms with Crippen LogP contribution in [0.15, 0.2) is 0 Å². The van der Waals surface area contributed by atoms with Crippen molar-refractivity contribution in [1.82, 2.24) is 0 Å². The van der Waals surface area contributed by atoms with Crippen LogP contribution in [0, 0.1) is 16.7 Å². The smallest absolute Gasteiger partial charge is 0.0963 e. The predicted molar refractivity (Wildman–Crippen MR) is 60.6 cm³/mol. The Balaban J connectivity index is 3.49. The maximum atomic E-state index is 7.38. The Morgan fingerprint density at radius 2 is 2.00 bits per heavy atom. The van der Waals surface area contributed by atoms with Crippen LogP contribution in [0.25, 0.3) is 0 Å². The van der Waals surface area contributed by atoms with Crippen LogP contribution in [0.1, 0.15) is 40.5 Å². The summed E-state index contributed by atoms with van der Waals surface area (Å²) in [4.78, 5) is 0. The molecule has 0 aromatic heterocycles. The molecule has 0 unspecified atom stereocenters. The van der Waals surface area contributed by atoms with Gasteiger partial charge >= 0.3 is 0 Å². The lowest BCUT2D eigenvalue weighted by molar-refractivity contribution is 0.103. The van der Waals surface area contributed by atoms with Crippen LogP contribution in [0.2, 0.25) is 0 Å². The van der Waals surface area contributed by atoms with E-state index in [4.69, 9.17) is 15.9 Å². The van der Waals surface area contributed by atoms with E-state index in [0.29, 0.717) is 5.92 Å². The second-order valence-electron chi connectivity index (χ2n) is 4.87. The number of nitrogens with two attached hydrogens (primary N) is 1. The Morgan fingerprint density at radius 1 is 1.43 bits per heavy atom. The molecule has 84 valence electrons. The van der Waals surface area contributed by atoms with Crippen molar-refractivity contribution in [2.45, 2.75) is 40.5 Å². The monoisotopic (exact) mass is 200 g/mol. The maximum Gasteiger partial charge on any atom is 0.0963 e. The van der Waals surface area contributed by atoms with E-state index >= 15 is 0 Å². The second-order valence-corrected chi connectivity index (χ2v) is 4.87. The zero-order valence-electron chi connectivity index (χ0n) is 9.89. The van der Waals surface area contributed by atoms with Gasteiger partial charge in [-0.1, -0.05) is 27.7 Å². The molecule has 0 rings (SSSR count). The van der Waals surface area contributed by atoms with Gasteiger partial charge in [0.2, 0.25) is 0 Å². The van der Waals surface area contributed by atoms with E-state index in [1.165, 1.54) is 0 Å². The highest BCUT2D eigenvalue weighted by molar-refractivity contribution is 5.82. The summed E-state index contributed by atoms with van der Waals surface area (Å²) in [7, 11) is 0. The number of hydrogen-bond acceptors (Lipinski definition) is 2. The van der Waals surface area contributed by atoms with Crippen LogP contribution >= 0.6 is 0 Å². The van der Waals surface area contributed by atoms with E-state index in [-0.39, 0.29) is 11.3 Å². The molecule has 3 N–H and O–H groups in total. The highest BCUT2D eigenvalue weighted by Crippen LogP contribution is 2.21. The molecule has 0 spiro atoms. The topological polar surface area (TPSA) is 59.1 Å². The van der Waals surface area contributed by atoms with E-state index in [2.05, 4.69) is 13.8 Å². The average Bonchev–Trinajstić information content (AvgIpc) is 2.02. The van der Waals surface area contributed by atoms with Crippen LogP contribution in [0.3, 0.4) is 0 Å². The van der Waals surface area contributed by atoms with Gasteiger partial charge in [0.05, 0.1) is 5.84 Å². The lowest BCUT2D eigenvalue weighted by Crippen LogP contribution is -2.31. The lowest BCUT2D eigenvalue weighted by Gasteiger charge is -2.22. The fourth-order valence-electron chi connectivity index (χ4n) is 1.07. The van der Waals surface area contributed by atoms with Crippen molar-refractivity contribution in [3.63, 3.8) is 0 Å². The van der Waals surface area contributed by atoms with Crippen molar-refractivity contribution in [2.75, 3.05) is 13.2 Å². The summed E-state index contributed by atoms with van der Waals surface area (Å²) in [5.74, 6) is 0.858. The standard InChI is InChI=1S/C11H24N2O/c1-9(2)8-14-7-5-6-11(3,4)10(12)13/h9H,5-8H2,1-4H3,(H3,12,13). The third kappa shape index (κ3) is 5.97. The number of hydrogen-bond donors (Lipinski definition) is 2. The highest BCUT2D eigenvalue weighted by Gasteiger charge is 2.20. The van der Waals surface area contributed by atoms with Crippen LogP contribution in [0.4, 0.5) is 0 Å². The molecule has 0 fully saturated rings.